The van der Waals surface area contributed by atoms with Gasteiger partial charge in [-0.05, 0) is 11.1 Å². The summed E-state index contributed by atoms with van der Waals surface area (Å²) >= 11 is 0. The maximum atomic E-state index is 11.2. The van der Waals surface area contributed by atoms with Crippen LogP contribution in [0.15, 0.2) is 24.3 Å². The summed E-state index contributed by atoms with van der Waals surface area (Å²) in [6.45, 7) is 4.19. The van der Waals surface area contributed by atoms with Gasteiger partial charge in [-0.1, -0.05) is 31.2 Å². The molecule has 1 aromatic carbocycles. The minimum absolute atomic E-state index is 0.638. The van der Waals surface area contributed by atoms with Crippen molar-refractivity contribution in [2.24, 2.45) is 0 Å². The summed E-state index contributed by atoms with van der Waals surface area (Å²) < 4.78 is 16.4. The minimum Gasteiger partial charge on any atom is -0.380 e. The Morgan fingerprint density at radius 1 is 1.29 bits per heavy atom. The largest absolute Gasteiger partial charge is 0.380 e. The van der Waals surface area contributed by atoms with E-state index in [2.05, 4.69) is 17.4 Å². The monoisotopic (exact) mass is 255 g/mol. The summed E-state index contributed by atoms with van der Waals surface area (Å²) in [5.41, 5.74) is 2.45. The first-order valence-electron chi connectivity index (χ1n) is 5.89. The van der Waals surface area contributed by atoms with E-state index in [1.807, 2.05) is 19.1 Å². The van der Waals surface area contributed by atoms with Crippen LogP contribution in [-0.2, 0) is 28.7 Å². The molecule has 0 aromatic heterocycles. The lowest BCUT2D eigenvalue weighted by Crippen LogP contribution is -2.21. The quantitative estimate of drug-likeness (QED) is 0.718. The van der Waals surface area contributed by atoms with Gasteiger partial charge in [0.15, 0.2) is 0 Å². The fourth-order valence-electron chi connectivity index (χ4n) is 1.58. The van der Waals surface area contributed by atoms with Crippen molar-refractivity contribution >= 4 is 10.8 Å². The highest BCUT2D eigenvalue weighted by Crippen LogP contribution is 2.09. The van der Waals surface area contributed by atoms with Crippen LogP contribution < -0.4 is 5.32 Å². The first-order valence-corrected chi connectivity index (χ1v) is 7.38. The third-order valence-electron chi connectivity index (χ3n) is 2.56. The van der Waals surface area contributed by atoms with E-state index in [-0.39, 0.29) is 0 Å². The molecule has 1 aromatic rings. The highest BCUT2D eigenvalue weighted by molar-refractivity contribution is 7.84. The molecule has 1 unspecified atom stereocenters. The summed E-state index contributed by atoms with van der Waals surface area (Å²) in [6.07, 6.45) is 0. The first-order chi connectivity index (χ1) is 8.27. The van der Waals surface area contributed by atoms with Crippen LogP contribution >= 0.6 is 0 Å². The van der Waals surface area contributed by atoms with E-state index >= 15 is 0 Å². The molecule has 0 spiro atoms. The van der Waals surface area contributed by atoms with Gasteiger partial charge in [-0.15, -0.1) is 0 Å². The van der Waals surface area contributed by atoms with Crippen molar-refractivity contribution in [2.45, 2.75) is 20.1 Å². The van der Waals surface area contributed by atoms with Crippen LogP contribution in [0.5, 0.6) is 0 Å². The van der Waals surface area contributed by atoms with Gasteiger partial charge >= 0.3 is 0 Å². The fourth-order valence-corrected chi connectivity index (χ4v) is 2.24. The van der Waals surface area contributed by atoms with E-state index in [9.17, 15) is 4.21 Å². The van der Waals surface area contributed by atoms with Gasteiger partial charge < -0.3 is 10.1 Å². The van der Waals surface area contributed by atoms with Gasteiger partial charge in [-0.3, -0.25) is 4.21 Å². The standard InChI is InChI=1S/C13H21NO2S/c1-3-17(15)9-8-14-10-12-6-4-5-7-13(12)11-16-2/h4-7,14H,3,8-11H2,1-2H3. The van der Waals surface area contributed by atoms with Gasteiger partial charge in [0.2, 0.25) is 0 Å². The van der Waals surface area contributed by atoms with E-state index in [1.165, 1.54) is 11.1 Å². The Hall–Kier alpha value is -0.710. The Balaban J connectivity index is 2.38. The fraction of sp³-hybridized carbons (Fsp3) is 0.538. The van der Waals surface area contributed by atoms with Crippen molar-refractivity contribution in [2.75, 3.05) is 25.2 Å². The van der Waals surface area contributed by atoms with Gasteiger partial charge in [0.25, 0.3) is 0 Å². The highest BCUT2D eigenvalue weighted by atomic mass is 32.2. The highest BCUT2D eigenvalue weighted by Gasteiger charge is 2.01. The van der Waals surface area contributed by atoms with Crippen molar-refractivity contribution in [3.05, 3.63) is 35.4 Å². The van der Waals surface area contributed by atoms with Gasteiger partial charge in [0, 0.05) is 42.5 Å². The number of hydrogen-bond donors (Lipinski definition) is 1. The zero-order chi connectivity index (χ0) is 12.5. The second-order valence-electron chi connectivity index (χ2n) is 3.81. The molecule has 0 heterocycles. The van der Waals surface area contributed by atoms with Gasteiger partial charge in [0.05, 0.1) is 6.61 Å². The van der Waals surface area contributed by atoms with Crippen molar-refractivity contribution in [1.29, 1.82) is 0 Å². The summed E-state index contributed by atoms with van der Waals surface area (Å²) in [7, 11) is 1.02. The number of rotatable bonds is 8. The van der Waals surface area contributed by atoms with Crippen LogP contribution in [0.1, 0.15) is 18.1 Å². The normalized spacial score (nSPS) is 12.6. The molecule has 4 heteroatoms. The lowest BCUT2D eigenvalue weighted by molar-refractivity contribution is 0.184. The van der Waals surface area contributed by atoms with Crippen LogP contribution in [0.4, 0.5) is 0 Å². The van der Waals surface area contributed by atoms with E-state index in [0.29, 0.717) is 6.61 Å². The summed E-state index contributed by atoms with van der Waals surface area (Å²) in [5.74, 6) is 1.46. The van der Waals surface area contributed by atoms with Gasteiger partial charge in [-0.25, -0.2) is 0 Å². The molecule has 0 aliphatic carbocycles. The molecule has 17 heavy (non-hydrogen) atoms. The Labute approximate surface area is 106 Å². The van der Waals surface area contributed by atoms with E-state index in [1.54, 1.807) is 7.11 Å². The van der Waals surface area contributed by atoms with E-state index in [0.717, 1.165) is 24.6 Å². The van der Waals surface area contributed by atoms with Gasteiger partial charge in [0.1, 0.15) is 0 Å². The predicted octanol–water partition coefficient (Wildman–Crippen LogP) is 1.69. The Bertz CT molecular complexity index is 355. The number of nitrogens with one attached hydrogen (secondary N) is 1. The van der Waals surface area contributed by atoms with Crippen molar-refractivity contribution < 1.29 is 8.95 Å². The summed E-state index contributed by atoms with van der Waals surface area (Å²) in [5, 5.41) is 3.32. The number of methoxy groups -OCH3 is 1. The van der Waals surface area contributed by atoms with E-state index in [4.69, 9.17) is 4.74 Å². The van der Waals surface area contributed by atoms with Crippen molar-refractivity contribution in [3.63, 3.8) is 0 Å². The molecule has 0 bridgehead atoms. The maximum absolute atomic E-state index is 11.2. The maximum Gasteiger partial charge on any atom is 0.0716 e. The average Bonchev–Trinajstić information content (AvgIpc) is 2.36. The average molecular weight is 255 g/mol. The Morgan fingerprint density at radius 2 is 2.00 bits per heavy atom. The van der Waals surface area contributed by atoms with Crippen molar-refractivity contribution in [3.8, 4) is 0 Å². The predicted molar refractivity (Wildman–Crippen MR) is 72.4 cm³/mol. The number of hydrogen-bond acceptors (Lipinski definition) is 3. The molecule has 0 amide bonds. The summed E-state index contributed by atoms with van der Waals surface area (Å²) in [6, 6.07) is 8.22. The third kappa shape index (κ3) is 5.44. The van der Waals surface area contributed by atoms with E-state index < -0.39 is 10.8 Å². The van der Waals surface area contributed by atoms with Crippen LogP contribution in [0, 0.1) is 0 Å². The molecule has 0 radical (unpaired) electrons. The lowest BCUT2D eigenvalue weighted by Gasteiger charge is -2.09. The topological polar surface area (TPSA) is 38.3 Å². The third-order valence-corrected chi connectivity index (χ3v) is 3.87. The molecule has 0 fully saturated rings. The first kappa shape index (κ1) is 14.4. The Morgan fingerprint density at radius 3 is 2.65 bits per heavy atom. The molecule has 3 nitrogen and oxygen atoms in total. The zero-order valence-corrected chi connectivity index (χ0v) is 11.4. The molecule has 1 N–H and O–H groups in total. The van der Waals surface area contributed by atoms with Crippen LogP contribution in [0.2, 0.25) is 0 Å². The molecular formula is C13H21NO2S. The van der Waals surface area contributed by atoms with Crippen LogP contribution in [0.3, 0.4) is 0 Å². The zero-order valence-electron chi connectivity index (χ0n) is 10.6. The minimum atomic E-state index is -0.681. The molecule has 0 aliphatic rings. The molecule has 0 saturated heterocycles. The number of benzene rings is 1. The molecular weight excluding hydrogens is 234 g/mol. The Kier molecular flexibility index (Phi) is 7.08. The smallest absolute Gasteiger partial charge is 0.0716 e. The molecule has 1 atom stereocenters. The molecule has 0 saturated carbocycles. The second kappa shape index (κ2) is 8.39. The van der Waals surface area contributed by atoms with Crippen molar-refractivity contribution in [1.82, 2.24) is 5.32 Å². The second-order valence-corrected chi connectivity index (χ2v) is 5.68. The lowest BCUT2D eigenvalue weighted by atomic mass is 10.1. The number of ether oxygens (including phenoxy) is 1. The SMILES string of the molecule is CCS(=O)CCNCc1ccccc1COC. The van der Waals surface area contributed by atoms with Crippen LogP contribution in [-0.4, -0.2) is 29.4 Å². The molecule has 1 rings (SSSR count). The van der Waals surface area contributed by atoms with Gasteiger partial charge in [-0.2, -0.15) is 0 Å². The summed E-state index contributed by atoms with van der Waals surface area (Å²) in [4.78, 5) is 0. The van der Waals surface area contributed by atoms with Crippen LogP contribution in [0.25, 0.3) is 0 Å². The molecule has 96 valence electrons. The molecule has 0 aliphatic heterocycles.